The molecule has 1 aliphatic heterocycles. The van der Waals surface area contributed by atoms with E-state index in [1.807, 2.05) is 0 Å². The summed E-state index contributed by atoms with van der Waals surface area (Å²) in [7, 11) is 0. The minimum Gasteiger partial charge on any atom is -0.389 e. The lowest BCUT2D eigenvalue weighted by Gasteiger charge is -2.36. The van der Waals surface area contributed by atoms with Gasteiger partial charge in [0.15, 0.2) is 0 Å². The summed E-state index contributed by atoms with van der Waals surface area (Å²) in [6.07, 6.45) is 4.17. The number of nitrogens with zero attached hydrogens (tertiary/aromatic N) is 1. The Labute approximate surface area is 117 Å². The van der Waals surface area contributed by atoms with Gasteiger partial charge >= 0.3 is 0 Å². The lowest BCUT2D eigenvalue weighted by molar-refractivity contribution is -0.0872. The summed E-state index contributed by atoms with van der Waals surface area (Å²) in [6.45, 7) is 9.39. The van der Waals surface area contributed by atoms with Crippen LogP contribution in [0.5, 0.6) is 0 Å². The standard InChI is InChI=1S/C15H29NO3/c1-11-5-4-6-15(11)18-10-14(17)9-16-7-12(2)19-13(3)8-16/h11-15,17H,4-10H2,1-3H3/t11-,12-,13-,14+,15-/m1/s1. The summed E-state index contributed by atoms with van der Waals surface area (Å²) in [5.74, 6) is 0.649. The first kappa shape index (κ1) is 15.2. The molecule has 0 spiro atoms. The average molecular weight is 271 g/mol. The fraction of sp³-hybridized carbons (Fsp3) is 1.00. The van der Waals surface area contributed by atoms with Crippen molar-refractivity contribution in [2.75, 3.05) is 26.2 Å². The summed E-state index contributed by atoms with van der Waals surface area (Å²) in [5, 5.41) is 10.1. The molecule has 2 aliphatic rings. The second kappa shape index (κ2) is 7.02. The Bertz CT molecular complexity index is 264. The van der Waals surface area contributed by atoms with Gasteiger partial charge in [0.1, 0.15) is 0 Å². The van der Waals surface area contributed by atoms with Crippen LogP contribution in [0.3, 0.4) is 0 Å². The van der Waals surface area contributed by atoms with Gasteiger partial charge in [-0.05, 0) is 32.6 Å². The number of aliphatic hydroxyl groups excluding tert-OH is 1. The molecule has 0 aromatic carbocycles. The topological polar surface area (TPSA) is 41.9 Å². The third-order valence-electron chi connectivity index (χ3n) is 4.25. The zero-order valence-electron chi connectivity index (χ0n) is 12.5. The van der Waals surface area contributed by atoms with E-state index in [0.29, 0.717) is 25.2 Å². The molecule has 2 rings (SSSR count). The molecule has 5 atom stereocenters. The summed E-state index contributed by atoms with van der Waals surface area (Å²) in [6, 6.07) is 0. The fourth-order valence-corrected chi connectivity index (χ4v) is 3.38. The van der Waals surface area contributed by atoms with Crippen LogP contribution in [0, 0.1) is 5.92 Å². The molecular formula is C15H29NO3. The van der Waals surface area contributed by atoms with Crippen LogP contribution in [-0.2, 0) is 9.47 Å². The number of ether oxygens (including phenoxy) is 2. The van der Waals surface area contributed by atoms with E-state index in [1.165, 1.54) is 12.8 Å². The average Bonchev–Trinajstić information content (AvgIpc) is 2.71. The minimum atomic E-state index is -0.384. The van der Waals surface area contributed by atoms with Crippen LogP contribution in [0.25, 0.3) is 0 Å². The Kier molecular flexibility index (Phi) is 5.63. The summed E-state index contributed by atoms with van der Waals surface area (Å²) in [4.78, 5) is 2.28. The molecule has 0 aromatic heterocycles. The lowest BCUT2D eigenvalue weighted by Crippen LogP contribution is -2.48. The second-order valence-corrected chi connectivity index (χ2v) is 6.41. The molecule has 112 valence electrons. The molecule has 1 heterocycles. The Morgan fingerprint density at radius 1 is 1.21 bits per heavy atom. The first-order chi connectivity index (χ1) is 9.04. The number of rotatable bonds is 5. The summed E-state index contributed by atoms with van der Waals surface area (Å²) in [5.41, 5.74) is 0. The highest BCUT2D eigenvalue weighted by atomic mass is 16.5. The molecule has 4 heteroatoms. The maximum absolute atomic E-state index is 10.1. The van der Waals surface area contributed by atoms with Crippen molar-refractivity contribution in [3.63, 3.8) is 0 Å². The van der Waals surface area contributed by atoms with Gasteiger partial charge in [0.2, 0.25) is 0 Å². The molecular weight excluding hydrogens is 242 g/mol. The van der Waals surface area contributed by atoms with Gasteiger partial charge in [-0.3, -0.25) is 4.90 Å². The van der Waals surface area contributed by atoms with E-state index in [-0.39, 0.29) is 18.3 Å². The quantitative estimate of drug-likeness (QED) is 0.826. The van der Waals surface area contributed by atoms with Crippen LogP contribution in [0.15, 0.2) is 0 Å². The van der Waals surface area contributed by atoms with Crippen molar-refractivity contribution < 1.29 is 14.6 Å². The molecule has 4 nitrogen and oxygen atoms in total. The van der Waals surface area contributed by atoms with Crippen molar-refractivity contribution in [3.05, 3.63) is 0 Å². The molecule has 0 bridgehead atoms. The van der Waals surface area contributed by atoms with Crippen LogP contribution in [0.1, 0.15) is 40.0 Å². The van der Waals surface area contributed by atoms with Crippen LogP contribution < -0.4 is 0 Å². The van der Waals surface area contributed by atoms with E-state index in [4.69, 9.17) is 9.47 Å². The van der Waals surface area contributed by atoms with Gasteiger partial charge in [0.25, 0.3) is 0 Å². The molecule has 19 heavy (non-hydrogen) atoms. The molecule has 1 saturated heterocycles. The molecule has 1 N–H and O–H groups in total. The van der Waals surface area contributed by atoms with Crippen LogP contribution >= 0.6 is 0 Å². The van der Waals surface area contributed by atoms with Crippen molar-refractivity contribution in [1.82, 2.24) is 4.90 Å². The largest absolute Gasteiger partial charge is 0.389 e. The molecule has 2 fully saturated rings. The number of hydrogen-bond acceptors (Lipinski definition) is 4. The molecule has 1 saturated carbocycles. The zero-order valence-corrected chi connectivity index (χ0v) is 12.5. The number of β-amino-alcohol motifs (C(OH)–C–C–N with tert-alkyl or cyclic N) is 1. The molecule has 1 aliphatic carbocycles. The predicted molar refractivity (Wildman–Crippen MR) is 75.2 cm³/mol. The SMILES string of the molecule is C[C@@H]1CN(C[C@H](O)CO[C@@H]2CCC[C@H]2C)C[C@@H](C)O1. The van der Waals surface area contributed by atoms with E-state index in [2.05, 4.69) is 25.7 Å². The molecule has 0 radical (unpaired) electrons. The van der Waals surface area contributed by atoms with Gasteiger partial charge in [0.05, 0.1) is 31.0 Å². The van der Waals surface area contributed by atoms with E-state index in [0.717, 1.165) is 19.5 Å². The van der Waals surface area contributed by atoms with E-state index < -0.39 is 0 Å². The Hall–Kier alpha value is -0.160. The zero-order chi connectivity index (χ0) is 13.8. The van der Waals surface area contributed by atoms with Gasteiger partial charge in [0, 0.05) is 19.6 Å². The van der Waals surface area contributed by atoms with Gasteiger partial charge in [-0.15, -0.1) is 0 Å². The first-order valence-corrected chi connectivity index (χ1v) is 7.72. The normalized spacial score (nSPS) is 38.5. The Morgan fingerprint density at radius 2 is 1.89 bits per heavy atom. The smallest absolute Gasteiger partial charge is 0.0900 e. The monoisotopic (exact) mass is 271 g/mol. The second-order valence-electron chi connectivity index (χ2n) is 6.41. The van der Waals surface area contributed by atoms with Crippen molar-refractivity contribution in [2.24, 2.45) is 5.92 Å². The maximum Gasteiger partial charge on any atom is 0.0900 e. The molecule has 0 unspecified atom stereocenters. The highest BCUT2D eigenvalue weighted by Gasteiger charge is 2.26. The highest BCUT2D eigenvalue weighted by Crippen LogP contribution is 2.27. The van der Waals surface area contributed by atoms with Crippen LogP contribution in [-0.4, -0.2) is 60.7 Å². The van der Waals surface area contributed by atoms with E-state index in [9.17, 15) is 5.11 Å². The van der Waals surface area contributed by atoms with Crippen LogP contribution in [0.4, 0.5) is 0 Å². The third kappa shape index (κ3) is 4.71. The van der Waals surface area contributed by atoms with Crippen molar-refractivity contribution in [1.29, 1.82) is 0 Å². The van der Waals surface area contributed by atoms with Gasteiger partial charge < -0.3 is 14.6 Å². The minimum absolute atomic E-state index is 0.256. The number of aliphatic hydroxyl groups is 1. The van der Waals surface area contributed by atoms with Gasteiger partial charge in [-0.2, -0.15) is 0 Å². The number of morpholine rings is 1. The predicted octanol–water partition coefficient (Wildman–Crippen LogP) is 1.66. The van der Waals surface area contributed by atoms with E-state index in [1.54, 1.807) is 0 Å². The van der Waals surface area contributed by atoms with E-state index >= 15 is 0 Å². The van der Waals surface area contributed by atoms with Crippen molar-refractivity contribution in [3.8, 4) is 0 Å². The number of hydrogen-bond donors (Lipinski definition) is 1. The van der Waals surface area contributed by atoms with Gasteiger partial charge in [-0.1, -0.05) is 13.3 Å². The maximum atomic E-state index is 10.1. The first-order valence-electron chi connectivity index (χ1n) is 7.72. The summed E-state index contributed by atoms with van der Waals surface area (Å²) < 4.78 is 11.6. The third-order valence-corrected chi connectivity index (χ3v) is 4.25. The molecule has 0 aromatic rings. The fourth-order valence-electron chi connectivity index (χ4n) is 3.38. The highest BCUT2D eigenvalue weighted by molar-refractivity contribution is 4.77. The van der Waals surface area contributed by atoms with Gasteiger partial charge in [-0.25, -0.2) is 0 Å². The summed E-state index contributed by atoms with van der Waals surface area (Å²) >= 11 is 0. The van der Waals surface area contributed by atoms with Crippen LogP contribution in [0.2, 0.25) is 0 Å². The van der Waals surface area contributed by atoms with Crippen molar-refractivity contribution >= 4 is 0 Å². The molecule has 0 amide bonds. The Balaban J connectivity index is 1.67. The van der Waals surface area contributed by atoms with Crippen molar-refractivity contribution in [2.45, 2.75) is 64.4 Å². The Morgan fingerprint density at radius 3 is 2.47 bits per heavy atom. The lowest BCUT2D eigenvalue weighted by atomic mass is 10.1.